The van der Waals surface area contributed by atoms with Gasteiger partial charge < -0.3 is 14.8 Å². The van der Waals surface area contributed by atoms with Crippen molar-refractivity contribution in [1.29, 1.82) is 0 Å². The Morgan fingerprint density at radius 2 is 1.70 bits per heavy atom. The van der Waals surface area contributed by atoms with Crippen molar-refractivity contribution in [3.63, 3.8) is 0 Å². The number of ether oxygens (including phenoxy) is 2. The first-order chi connectivity index (χ1) is 17.6. The fourth-order valence-electron chi connectivity index (χ4n) is 3.28. The Labute approximate surface area is 229 Å². The van der Waals surface area contributed by atoms with Gasteiger partial charge in [-0.15, -0.1) is 0 Å². The third kappa shape index (κ3) is 7.67. The number of thioether (sulfide) groups is 1. The Balaban J connectivity index is 1.74. The average Bonchev–Trinajstić information content (AvgIpc) is 2.89. The molecule has 3 aromatic carbocycles. The van der Waals surface area contributed by atoms with E-state index in [1.807, 2.05) is 24.3 Å². The predicted molar refractivity (Wildman–Crippen MR) is 146 cm³/mol. The molecule has 3 aromatic rings. The minimum absolute atomic E-state index is 0.0356. The van der Waals surface area contributed by atoms with E-state index >= 15 is 0 Å². The quantitative estimate of drug-likeness (QED) is 0.286. The molecule has 0 aromatic heterocycles. The van der Waals surface area contributed by atoms with Crippen LogP contribution in [0, 0.1) is 5.82 Å². The number of nitrogens with one attached hydrogen (secondary N) is 1. The van der Waals surface area contributed by atoms with Crippen LogP contribution < -0.4 is 19.1 Å². The van der Waals surface area contributed by atoms with Gasteiger partial charge in [-0.2, -0.15) is 11.8 Å². The molecule has 0 radical (unpaired) electrons. The lowest BCUT2D eigenvalue weighted by Crippen LogP contribution is -2.41. The van der Waals surface area contributed by atoms with Gasteiger partial charge in [0.1, 0.15) is 12.4 Å². The Kier molecular flexibility index (Phi) is 10.3. The molecule has 3 rings (SSSR count). The molecule has 0 spiro atoms. The van der Waals surface area contributed by atoms with E-state index in [0.29, 0.717) is 23.1 Å². The van der Waals surface area contributed by atoms with Gasteiger partial charge in [0.25, 0.3) is 10.0 Å². The molecule has 37 heavy (non-hydrogen) atoms. The van der Waals surface area contributed by atoms with Crippen LogP contribution in [-0.2, 0) is 20.6 Å². The maximum atomic E-state index is 13.8. The third-order valence-corrected chi connectivity index (χ3v) is 8.51. The van der Waals surface area contributed by atoms with Crippen LogP contribution in [0.25, 0.3) is 0 Å². The summed E-state index contributed by atoms with van der Waals surface area (Å²) in [6.45, 7) is -0.216. The van der Waals surface area contributed by atoms with E-state index in [2.05, 4.69) is 5.32 Å². The van der Waals surface area contributed by atoms with Gasteiger partial charge in [0.2, 0.25) is 5.91 Å². The fourth-order valence-corrected chi connectivity index (χ4v) is 5.83. The summed E-state index contributed by atoms with van der Waals surface area (Å²) in [5, 5.41) is 3.12. The van der Waals surface area contributed by atoms with Crippen molar-refractivity contribution >= 4 is 56.6 Å². The Bertz CT molecular complexity index is 1340. The van der Waals surface area contributed by atoms with E-state index in [0.717, 1.165) is 27.8 Å². The van der Waals surface area contributed by atoms with Crippen molar-refractivity contribution in [2.75, 3.05) is 37.4 Å². The number of hydrogen-bond acceptors (Lipinski definition) is 6. The molecule has 1 amide bonds. The first-order valence-corrected chi connectivity index (χ1v) is 14.3. The molecule has 0 aliphatic carbocycles. The van der Waals surface area contributed by atoms with E-state index in [9.17, 15) is 17.6 Å². The number of hydrogen-bond donors (Lipinski definition) is 1. The fraction of sp³-hybridized carbons (Fsp3) is 0.240. The molecule has 0 saturated heterocycles. The van der Waals surface area contributed by atoms with Crippen LogP contribution in [0.2, 0.25) is 10.0 Å². The summed E-state index contributed by atoms with van der Waals surface area (Å²) in [5.41, 5.74) is 1.13. The van der Waals surface area contributed by atoms with Gasteiger partial charge in [-0.3, -0.25) is 9.10 Å². The largest absolute Gasteiger partial charge is 0.493 e. The summed E-state index contributed by atoms with van der Waals surface area (Å²) in [6, 6.07) is 15.0. The predicted octanol–water partition coefficient (Wildman–Crippen LogP) is 5.39. The molecule has 0 heterocycles. The summed E-state index contributed by atoms with van der Waals surface area (Å²) in [4.78, 5) is 12.6. The molecule has 0 aliphatic heterocycles. The van der Waals surface area contributed by atoms with Gasteiger partial charge in [0.15, 0.2) is 11.5 Å². The van der Waals surface area contributed by atoms with E-state index < -0.39 is 28.3 Å². The van der Waals surface area contributed by atoms with Crippen LogP contribution in [0.1, 0.15) is 5.56 Å². The number of halogens is 3. The number of carbonyl (C=O) groups is 1. The Morgan fingerprint density at radius 1 is 1.00 bits per heavy atom. The molecule has 0 atom stereocenters. The van der Waals surface area contributed by atoms with Crippen LogP contribution in [0.3, 0.4) is 0 Å². The van der Waals surface area contributed by atoms with Gasteiger partial charge in [0, 0.05) is 29.1 Å². The topological polar surface area (TPSA) is 84.9 Å². The lowest BCUT2D eigenvalue weighted by atomic mass is 10.2. The Morgan fingerprint density at radius 3 is 2.35 bits per heavy atom. The van der Waals surface area contributed by atoms with E-state index in [1.54, 1.807) is 11.8 Å². The smallest absolute Gasteiger partial charge is 0.264 e. The van der Waals surface area contributed by atoms with Gasteiger partial charge in [-0.05, 0) is 48.0 Å². The lowest BCUT2D eigenvalue weighted by molar-refractivity contribution is -0.119. The average molecular weight is 588 g/mol. The van der Waals surface area contributed by atoms with Crippen LogP contribution in [0.5, 0.6) is 11.5 Å². The zero-order valence-corrected chi connectivity index (χ0v) is 23.2. The molecule has 1 N–H and O–H groups in total. The normalized spacial score (nSPS) is 11.2. The highest BCUT2D eigenvalue weighted by Crippen LogP contribution is 2.33. The molecule has 0 bridgehead atoms. The summed E-state index contributed by atoms with van der Waals surface area (Å²) >= 11 is 13.4. The number of carbonyl (C=O) groups excluding carboxylic acids is 1. The highest BCUT2D eigenvalue weighted by Gasteiger charge is 2.29. The number of nitrogens with zero attached hydrogens (tertiary/aromatic N) is 1. The maximum Gasteiger partial charge on any atom is 0.264 e. The van der Waals surface area contributed by atoms with E-state index in [-0.39, 0.29) is 21.4 Å². The van der Waals surface area contributed by atoms with Crippen molar-refractivity contribution < 1.29 is 27.1 Å². The number of methoxy groups -OCH3 is 2. The maximum absolute atomic E-state index is 13.8. The number of rotatable bonds is 12. The summed E-state index contributed by atoms with van der Waals surface area (Å²) < 4.78 is 52.2. The van der Waals surface area contributed by atoms with Crippen LogP contribution >= 0.6 is 35.0 Å². The second kappa shape index (κ2) is 13.2. The van der Waals surface area contributed by atoms with E-state index in [4.69, 9.17) is 32.7 Å². The summed E-state index contributed by atoms with van der Waals surface area (Å²) in [6.07, 6.45) is 0. The molecule has 0 saturated carbocycles. The molecule has 0 aliphatic rings. The van der Waals surface area contributed by atoms with Gasteiger partial charge in [-0.25, -0.2) is 12.8 Å². The van der Waals surface area contributed by atoms with E-state index in [1.165, 1.54) is 38.5 Å². The standard InChI is InChI=1S/C25H25Cl2FN2O5S2/c1-34-23-10-8-20(14-24(23)35-2)37(32,33)30(19-7-9-22(28)21(27)13-19)15-25(31)29-11-12-36-16-17-3-5-18(26)6-4-17/h3-10,13-14H,11-12,15-16H2,1-2H3,(H,29,31). The highest BCUT2D eigenvalue weighted by molar-refractivity contribution is 7.98. The van der Waals surface area contributed by atoms with Crippen molar-refractivity contribution in [2.45, 2.75) is 10.6 Å². The minimum Gasteiger partial charge on any atom is -0.493 e. The van der Waals surface area contributed by atoms with Gasteiger partial charge in [0.05, 0.1) is 29.8 Å². The first kappa shape index (κ1) is 28.9. The Hall–Kier alpha value is -2.66. The van der Waals surface area contributed by atoms with Gasteiger partial charge in [-0.1, -0.05) is 35.3 Å². The number of anilines is 1. The number of amides is 1. The van der Waals surface area contributed by atoms with Crippen molar-refractivity contribution in [1.82, 2.24) is 5.32 Å². The monoisotopic (exact) mass is 586 g/mol. The van der Waals surface area contributed by atoms with Crippen molar-refractivity contribution in [2.24, 2.45) is 0 Å². The second-order valence-corrected chi connectivity index (χ2v) is 11.5. The lowest BCUT2D eigenvalue weighted by Gasteiger charge is -2.24. The van der Waals surface area contributed by atoms with Crippen molar-refractivity contribution in [3.8, 4) is 11.5 Å². The molecule has 7 nitrogen and oxygen atoms in total. The van der Waals surface area contributed by atoms with Gasteiger partial charge >= 0.3 is 0 Å². The molecular weight excluding hydrogens is 562 g/mol. The first-order valence-electron chi connectivity index (χ1n) is 10.9. The van der Waals surface area contributed by atoms with Crippen LogP contribution in [0.15, 0.2) is 65.6 Å². The molecule has 198 valence electrons. The zero-order valence-electron chi connectivity index (χ0n) is 20.0. The summed E-state index contributed by atoms with van der Waals surface area (Å²) in [5.74, 6) is 0.641. The SMILES string of the molecule is COc1ccc(S(=O)(=O)N(CC(=O)NCCSCc2ccc(Cl)cc2)c2ccc(F)c(Cl)c2)cc1OC. The second-order valence-electron chi connectivity index (χ2n) is 7.66. The molecular formula is C25H25Cl2FN2O5S2. The minimum atomic E-state index is -4.27. The number of sulfonamides is 1. The van der Waals surface area contributed by atoms with Crippen LogP contribution in [-0.4, -0.2) is 47.4 Å². The molecule has 0 fully saturated rings. The third-order valence-electron chi connectivity index (χ3n) is 5.17. The summed E-state index contributed by atoms with van der Waals surface area (Å²) in [7, 11) is -1.46. The highest BCUT2D eigenvalue weighted by atomic mass is 35.5. The molecule has 12 heteroatoms. The van der Waals surface area contributed by atoms with Crippen LogP contribution in [0.4, 0.5) is 10.1 Å². The number of benzene rings is 3. The zero-order chi connectivity index (χ0) is 27.0. The van der Waals surface area contributed by atoms with Crippen molar-refractivity contribution in [3.05, 3.63) is 82.1 Å². The molecule has 0 unspecified atom stereocenters.